The van der Waals surface area contributed by atoms with Crippen LogP contribution in [-0.4, -0.2) is 26.5 Å². The number of rotatable bonds is 7. The largest absolute Gasteiger partial charge is 0.489 e. The Morgan fingerprint density at radius 1 is 0.971 bits per heavy atom. The van der Waals surface area contributed by atoms with Crippen LogP contribution in [0, 0.1) is 0 Å². The van der Waals surface area contributed by atoms with Crippen molar-refractivity contribution >= 4 is 16.9 Å². The zero-order valence-electron chi connectivity index (χ0n) is 18.3. The molecule has 0 saturated heterocycles. The van der Waals surface area contributed by atoms with Gasteiger partial charge in [-0.1, -0.05) is 18.2 Å². The van der Waals surface area contributed by atoms with E-state index in [-0.39, 0.29) is 6.61 Å². The molecule has 4 aromatic rings. The van der Waals surface area contributed by atoms with Gasteiger partial charge in [0.05, 0.1) is 23.0 Å². The van der Waals surface area contributed by atoms with Crippen LogP contribution < -0.4 is 9.47 Å². The summed E-state index contributed by atoms with van der Waals surface area (Å²) in [7, 11) is 0. The third-order valence-electron chi connectivity index (χ3n) is 5.22. The number of alkyl halides is 3. The Balaban J connectivity index is 1.54. The Bertz CT molecular complexity index is 1310. The van der Waals surface area contributed by atoms with Crippen LogP contribution in [0.3, 0.4) is 0 Å². The van der Waals surface area contributed by atoms with Crippen molar-refractivity contribution in [1.82, 2.24) is 9.78 Å². The molecule has 1 N–H and O–H groups in total. The van der Waals surface area contributed by atoms with Crippen molar-refractivity contribution in [1.29, 1.82) is 0 Å². The number of nitrogens with zero attached hydrogens (tertiary/aromatic N) is 2. The predicted molar refractivity (Wildman–Crippen MR) is 119 cm³/mol. The van der Waals surface area contributed by atoms with Gasteiger partial charge in [-0.05, 0) is 62.4 Å². The van der Waals surface area contributed by atoms with Gasteiger partial charge in [0.25, 0.3) is 0 Å². The van der Waals surface area contributed by atoms with Crippen molar-refractivity contribution in [3.05, 3.63) is 84.1 Å². The number of para-hydroxylation sites is 1. The van der Waals surface area contributed by atoms with E-state index < -0.39 is 23.3 Å². The monoisotopic (exact) mass is 470 g/mol. The maximum absolute atomic E-state index is 12.9. The SMILES string of the molecule is CC(C)(Oc1ccc(OCc2cccc3cnn(-c4ccc(C(F)(F)F)cc4)c23)cc1)C(=O)O. The highest BCUT2D eigenvalue weighted by Crippen LogP contribution is 2.31. The molecule has 0 aliphatic rings. The van der Waals surface area contributed by atoms with Gasteiger partial charge in [0.15, 0.2) is 5.60 Å². The summed E-state index contributed by atoms with van der Waals surface area (Å²) < 4.78 is 51.7. The fourth-order valence-electron chi connectivity index (χ4n) is 3.36. The van der Waals surface area contributed by atoms with Gasteiger partial charge in [0.2, 0.25) is 0 Å². The summed E-state index contributed by atoms with van der Waals surface area (Å²) in [6.45, 7) is 3.10. The van der Waals surface area contributed by atoms with Crippen LogP contribution in [0.1, 0.15) is 25.0 Å². The maximum Gasteiger partial charge on any atom is 0.416 e. The lowest BCUT2D eigenvalue weighted by atomic mass is 10.1. The Kier molecular flexibility index (Phi) is 5.95. The second-order valence-corrected chi connectivity index (χ2v) is 8.13. The van der Waals surface area contributed by atoms with Crippen molar-refractivity contribution in [3.63, 3.8) is 0 Å². The lowest BCUT2D eigenvalue weighted by Crippen LogP contribution is -2.37. The molecule has 3 aromatic carbocycles. The predicted octanol–water partition coefficient (Wildman–Crippen LogP) is 5.87. The summed E-state index contributed by atoms with van der Waals surface area (Å²) in [6, 6.07) is 17.0. The number of carbonyl (C=O) groups is 1. The van der Waals surface area contributed by atoms with Crippen molar-refractivity contribution in [2.75, 3.05) is 0 Å². The molecule has 0 spiro atoms. The molecule has 0 saturated carbocycles. The molecule has 0 fully saturated rings. The Hall–Kier alpha value is -4.01. The van der Waals surface area contributed by atoms with Crippen LogP contribution in [0.15, 0.2) is 72.9 Å². The number of fused-ring (bicyclic) bond motifs is 1. The van der Waals surface area contributed by atoms with Crippen LogP contribution in [0.2, 0.25) is 0 Å². The summed E-state index contributed by atoms with van der Waals surface area (Å²) in [5, 5.41) is 14.4. The van der Waals surface area contributed by atoms with Crippen LogP contribution in [0.4, 0.5) is 13.2 Å². The first-order valence-electron chi connectivity index (χ1n) is 10.3. The first kappa shape index (κ1) is 23.2. The fourth-order valence-corrected chi connectivity index (χ4v) is 3.36. The van der Waals surface area contributed by atoms with Crippen LogP contribution in [0.25, 0.3) is 16.6 Å². The number of hydrogen-bond donors (Lipinski definition) is 1. The third-order valence-corrected chi connectivity index (χ3v) is 5.22. The van der Waals surface area contributed by atoms with Gasteiger partial charge in [-0.15, -0.1) is 0 Å². The highest BCUT2D eigenvalue weighted by atomic mass is 19.4. The molecule has 1 aromatic heterocycles. The zero-order valence-corrected chi connectivity index (χ0v) is 18.3. The second kappa shape index (κ2) is 8.74. The van der Waals surface area contributed by atoms with Gasteiger partial charge >= 0.3 is 12.1 Å². The van der Waals surface area contributed by atoms with E-state index in [1.54, 1.807) is 35.1 Å². The number of halogens is 3. The highest BCUT2D eigenvalue weighted by Gasteiger charge is 2.30. The van der Waals surface area contributed by atoms with Gasteiger partial charge in [-0.25, -0.2) is 9.48 Å². The minimum atomic E-state index is -4.41. The summed E-state index contributed by atoms with van der Waals surface area (Å²) >= 11 is 0. The molecule has 6 nitrogen and oxygen atoms in total. The van der Waals surface area contributed by atoms with E-state index in [2.05, 4.69) is 5.10 Å². The lowest BCUT2D eigenvalue weighted by Gasteiger charge is -2.21. The van der Waals surface area contributed by atoms with Gasteiger partial charge in [0.1, 0.15) is 18.1 Å². The highest BCUT2D eigenvalue weighted by molar-refractivity contribution is 5.83. The minimum absolute atomic E-state index is 0.185. The molecule has 9 heteroatoms. The van der Waals surface area contributed by atoms with Crippen molar-refractivity contribution in [3.8, 4) is 17.2 Å². The molecule has 0 unspecified atom stereocenters. The van der Waals surface area contributed by atoms with E-state index in [4.69, 9.17) is 9.47 Å². The van der Waals surface area contributed by atoms with Crippen molar-refractivity contribution < 1.29 is 32.5 Å². The molecule has 176 valence electrons. The van der Waals surface area contributed by atoms with Crippen molar-refractivity contribution in [2.24, 2.45) is 0 Å². The number of carboxylic acid groups (broad SMARTS) is 1. The number of aromatic nitrogens is 2. The normalized spacial score (nSPS) is 12.0. The topological polar surface area (TPSA) is 73.6 Å². The molecule has 0 radical (unpaired) electrons. The molecule has 4 rings (SSSR count). The van der Waals surface area contributed by atoms with E-state index in [1.807, 2.05) is 18.2 Å². The maximum atomic E-state index is 12.9. The molecular weight excluding hydrogens is 449 g/mol. The van der Waals surface area contributed by atoms with E-state index in [1.165, 1.54) is 26.0 Å². The van der Waals surface area contributed by atoms with Crippen molar-refractivity contribution in [2.45, 2.75) is 32.2 Å². The lowest BCUT2D eigenvalue weighted by molar-refractivity contribution is -0.152. The number of carboxylic acids is 1. The van der Waals surface area contributed by atoms with Gasteiger partial charge in [-0.2, -0.15) is 18.3 Å². The molecule has 0 amide bonds. The van der Waals surface area contributed by atoms with E-state index >= 15 is 0 Å². The first-order valence-corrected chi connectivity index (χ1v) is 10.3. The molecule has 0 atom stereocenters. The first-order chi connectivity index (χ1) is 16.0. The van der Waals surface area contributed by atoms with Gasteiger partial charge < -0.3 is 14.6 Å². The molecule has 0 aliphatic carbocycles. The Morgan fingerprint density at radius 3 is 2.24 bits per heavy atom. The minimum Gasteiger partial charge on any atom is -0.489 e. The number of aliphatic carboxylic acids is 1. The average molecular weight is 470 g/mol. The zero-order chi connectivity index (χ0) is 24.5. The summed E-state index contributed by atoms with van der Waals surface area (Å²) in [5.74, 6) is -0.147. The van der Waals surface area contributed by atoms with Crippen LogP contribution in [-0.2, 0) is 17.6 Å². The van der Waals surface area contributed by atoms with Gasteiger partial charge in [-0.3, -0.25) is 0 Å². The molecule has 1 heterocycles. The molecule has 34 heavy (non-hydrogen) atoms. The smallest absolute Gasteiger partial charge is 0.416 e. The summed E-state index contributed by atoms with van der Waals surface area (Å²) in [6.07, 6.45) is -2.76. The summed E-state index contributed by atoms with van der Waals surface area (Å²) in [5.41, 5.74) is -0.0737. The Morgan fingerprint density at radius 2 is 1.62 bits per heavy atom. The van der Waals surface area contributed by atoms with Crippen LogP contribution >= 0.6 is 0 Å². The quantitative estimate of drug-likeness (QED) is 0.366. The number of benzene rings is 3. The van der Waals surface area contributed by atoms with Crippen LogP contribution in [0.5, 0.6) is 11.5 Å². The molecule has 0 aliphatic heterocycles. The number of hydrogen-bond acceptors (Lipinski definition) is 4. The van der Waals surface area contributed by atoms with Gasteiger partial charge in [0, 0.05) is 10.9 Å². The third kappa shape index (κ3) is 4.83. The standard InChI is InChI=1S/C25H21F3N2O4/c1-24(2,23(31)32)34-21-12-10-20(11-13-21)33-15-17-5-3-4-16-14-29-30(22(16)17)19-8-6-18(7-9-19)25(26,27)28/h3-14H,15H2,1-2H3,(H,31,32). The van der Waals surface area contributed by atoms with E-state index in [0.29, 0.717) is 17.2 Å². The Labute approximate surface area is 193 Å². The summed E-state index contributed by atoms with van der Waals surface area (Å²) in [4.78, 5) is 11.2. The molecule has 0 bridgehead atoms. The van der Waals surface area contributed by atoms with E-state index in [0.717, 1.165) is 28.6 Å². The second-order valence-electron chi connectivity index (χ2n) is 8.13. The average Bonchev–Trinajstić information content (AvgIpc) is 3.23. The molecular formula is C25H21F3N2O4. The number of ether oxygens (including phenoxy) is 2. The van der Waals surface area contributed by atoms with E-state index in [9.17, 15) is 23.1 Å². The fraction of sp³-hybridized carbons (Fsp3) is 0.200.